The number of nitrogens with one attached hydrogen (secondary N) is 2. The van der Waals surface area contributed by atoms with Crippen LogP contribution >= 0.6 is 0 Å². The fourth-order valence-electron chi connectivity index (χ4n) is 1.29. The summed E-state index contributed by atoms with van der Waals surface area (Å²) >= 11 is 0. The van der Waals surface area contributed by atoms with Crippen molar-refractivity contribution >= 4 is 5.97 Å². The van der Waals surface area contributed by atoms with E-state index in [1.54, 1.807) is 0 Å². The zero-order chi connectivity index (χ0) is 11.4. The Kier molecular flexibility index (Phi) is 3.43. The van der Waals surface area contributed by atoms with Gasteiger partial charge in [-0.2, -0.15) is 0 Å². The second-order valence-corrected chi connectivity index (χ2v) is 3.17. The number of rotatable bonds is 4. The molecule has 0 radical (unpaired) electrons. The van der Waals surface area contributed by atoms with Crippen LogP contribution in [0.3, 0.4) is 0 Å². The fraction of sp³-hybridized carbons (Fsp3) is 0.444. The summed E-state index contributed by atoms with van der Waals surface area (Å²) in [5, 5.41) is 8.79. The van der Waals surface area contributed by atoms with E-state index in [-0.39, 0.29) is 11.3 Å². The third-order valence-corrected chi connectivity index (χ3v) is 2.04. The summed E-state index contributed by atoms with van der Waals surface area (Å²) < 4.78 is 0. The molecule has 0 aromatic carbocycles. The van der Waals surface area contributed by atoms with Crippen LogP contribution in [0.4, 0.5) is 0 Å². The number of aromatic nitrogens is 2. The Labute approximate surface area is 85.0 Å². The van der Waals surface area contributed by atoms with Crippen molar-refractivity contribution in [3.05, 3.63) is 32.1 Å². The van der Waals surface area contributed by atoms with Crippen LogP contribution in [0.2, 0.25) is 0 Å². The summed E-state index contributed by atoms with van der Waals surface area (Å²) in [6.45, 7) is 1.93. The molecule has 0 aliphatic carbocycles. The van der Waals surface area contributed by atoms with Gasteiger partial charge in [-0.25, -0.2) is 9.59 Å². The zero-order valence-corrected chi connectivity index (χ0v) is 8.29. The molecule has 15 heavy (non-hydrogen) atoms. The summed E-state index contributed by atoms with van der Waals surface area (Å²) in [5.41, 5.74) is -1.59. The van der Waals surface area contributed by atoms with E-state index in [1.165, 1.54) is 0 Å². The maximum absolute atomic E-state index is 11.3. The molecule has 0 spiro atoms. The predicted octanol–water partition coefficient (Wildman–Crippen LogP) is 0.104. The molecule has 1 rings (SSSR count). The maximum Gasteiger partial charge on any atom is 0.352 e. The lowest BCUT2D eigenvalue weighted by molar-refractivity contribution is 0.0688. The number of carboxylic acid groups (broad SMARTS) is 1. The van der Waals surface area contributed by atoms with Crippen molar-refractivity contribution in [2.75, 3.05) is 0 Å². The van der Waals surface area contributed by atoms with Gasteiger partial charge in [0.2, 0.25) is 0 Å². The van der Waals surface area contributed by atoms with Gasteiger partial charge in [0.25, 0.3) is 5.56 Å². The van der Waals surface area contributed by atoms with Crippen LogP contribution in [0.15, 0.2) is 9.59 Å². The average molecular weight is 212 g/mol. The first-order chi connectivity index (χ1) is 7.06. The molecule has 0 aliphatic heterocycles. The second-order valence-electron chi connectivity index (χ2n) is 3.17. The van der Waals surface area contributed by atoms with Crippen LogP contribution in [0.25, 0.3) is 0 Å². The minimum absolute atomic E-state index is 0.129. The number of aromatic carboxylic acids is 1. The molecule has 3 N–H and O–H groups in total. The molecule has 0 saturated carbocycles. The molecule has 0 saturated heterocycles. The van der Waals surface area contributed by atoms with Crippen LogP contribution < -0.4 is 11.2 Å². The highest BCUT2D eigenvalue weighted by Gasteiger charge is 2.14. The lowest BCUT2D eigenvalue weighted by atomic mass is 10.1. The highest BCUT2D eigenvalue weighted by molar-refractivity contribution is 5.86. The Morgan fingerprint density at radius 3 is 2.53 bits per heavy atom. The SMILES string of the molecule is CCCCc1c(C(=O)O)[nH]c(=O)[nH]c1=O. The maximum atomic E-state index is 11.3. The van der Waals surface area contributed by atoms with Crippen LogP contribution in [0.5, 0.6) is 0 Å². The molecule has 1 aromatic rings. The molecule has 0 fully saturated rings. The minimum Gasteiger partial charge on any atom is -0.477 e. The number of carboxylic acids is 1. The first-order valence-corrected chi connectivity index (χ1v) is 4.65. The number of carbonyl (C=O) groups is 1. The topological polar surface area (TPSA) is 103 Å². The van der Waals surface area contributed by atoms with Gasteiger partial charge in [-0.15, -0.1) is 0 Å². The van der Waals surface area contributed by atoms with Crippen molar-refractivity contribution < 1.29 is 9.90 Å². The van der Waals surface area contributed by atoms with E-state index in [0.717, 1.165) is 6.42 Å². The standard InChI is InChI=1S/C9H12N2O4/c1-2-3-4-5-6(8(13)14)10-9(15)11-7(5)12/h2-4H2,1H3,(H,13,14)(H2,10,11,12,15). The largest absolute Gasteiger partial charge is 0.477 e. The van der Waals surface area contributed by atoms with E-state index in [0.29, 0.717) is 12.8 Å². The van der Waals surface area contributed by atoms with Crippen LogP contribution in [0.1, 0.15) is 35.8 Å². The third kappa shape index (κ3) is 2.55. The third-order valence-electron chi connectivity index (χ3n) is 2.04. The van der Waals surface area contributed by atoms with Gasteiger partial charge in [-0.05, 0) is 12.8 Å². The molecule has 0 amide bonds. The quantitative estimate of drug-likeness (QED) is 0.658. The Morgan fingerprint density at radius 1 is 1.33 bits per heavy atom. The van der Waals surface area contributed by atoms with Gasteiger partial charge in [0, 0.05) is 5.56 Å². The van der Waals surface area contributed by atoms with Gasteiger partial charge < -0.3 is 10.1 Å². The molecule has 0 bridgehead atoms. The number of hydrogen-bond donors (Lipinski definition) is 3. The van der Waals surface area contributed by atoms with Gasteiger partial charge in [-0.1, -0.05) is 13.3 Å². The van der Waals surface area contributed by atoms with Gasteiger partial charge in [0.1, 0.15) is 5.69 Å². The molecule has 1 aromatic heterocycles. The molecular weight excluding hydrogens is 200 g/mol. The van der Waals surface area contributed by atoms with Crippen molar-refractivity contribution in [2.45, 2.75) is 26.2 Å². The van der Waals surface area contributed by atoms with Crippen LogP contribution in [-0.4, -0.2) is 21.0 Å². The van der Waals surface area contributed by atoms with Gasteiger partial charge in [0.05, 0.1) is 0 Å². The van der Waals surface area contributed by atoms with Gasteiger partial charge >= 0.3 is 11.7 Å². The molecule has 0 unspecified atom stereocenters. The highest BCUT2D eigenvalue weighted by Crippen LogP contribution is 2.03. The molecule has 6 nitrogen and oxygen atoms in total. The van der Waals surface area contributed by atoms with Crippen LogP contribution in [0, 0.1) is 0 Å². The van der Waals surface area contributed by atoms with E-state index in [4.69, 9.17) is 5.11 Å². The molecule has 6 heteroatoms. The number of aromatic amines is 2. The van der Waals surface area contributed by atoms with E-state index in [1.807, 2.05) is 11.9 Å². The summed E-state index contributed by atoms with van der Waals surface area (Å²) in [6, 6.07) is 0. The first-order valence-electron chi connectivity index (χ1n) is 4.65. The first kappa shape index (κ1) is 11.2. The average Bonchev–Trinajstić information content (AvgIpc) is 2.15. The van der Waals surface area contributed by atoms with Crippen LogP contribution in [-0.2, 0) is 6.42 Å². The Bertz CT molecular complexity index is 472. The Balaban J connectivity index is 3.27. The van der Waals surface area contributed by atoms with E-state index < -0.39 is 17.2 Å². The smallest absolute Gasteiger partial charge is 0.352 e. The highest BCUT2D eigenvalue weighted by atomic mass is 16.4. The fourth-order valence-corrected chi connectivity index (χ4v) is 1.29. The normalized spacial score (nSPS) is 10.2. The zero-order valence-electron chi connectivity index (χ0n) is 8.29. The second kappa shape index (κ2) is 4.59. The summed E-state index contributed by atoms with van der Waals surface area (Å²) in [6.07, 6.45) is 1.90. The van der Waals surface area contributed by atoms with E-state index >= 15 is 0 Å². The monoisotopic (exact) mass is 212 g/mol. The van der Waals surface area contributed by atoms with Crippen molar-refractivity contribution in [3.63, 3.8) is 0 Å². The van der Waals surface area contributed by atoms with E-state index in [9.17, 15) is 14.4 Å². The lowest BCUT2D eigenvalue weighted by Gasteiger charge is -2.02. The molecule has 0 aliphatic rings. The Hall–Kier alpha value is -1.85. The molecule has 82 valence electrons. The lowest BCUT2D eigenvalue weighted by Crippen LogP contribution is -2.29. The van der Waals surface area contributed by atoms with Crippen molar-refractivity contribution in [2.24, 2.45) is 0 Å². The molecule has 0 atom stereocenters. The molecule has 1 heterocycles. The van der Waals surface area contributed by atoms with Crippen molar-refractivity contribution in [1.29, 1.82) is 0 Å². The van der Waals surface area contributed by atoms with Gasteiger partial charge in [0.15, 0.2) is 0 Å². The predicted molar refractivity (Wildman–Crippen MR) is 53.3 cm³/mol. The summed E-state index contributed by atoms with van der Waals surface area (Å²) in [5.74, 6) is -1.29. The number of hydrogen-bond acceptors (Lipinski definition) is 3. The van der Waals surface area contributed by atoms with Crippen molar-refractivity contribution in [3.8, 4) is 0 Å². The Morgan fingerprint density at radius 2 is 2.00 bits per heavy atom. The molecular formula is C9H12N2O4. The van der Waals surface area contributed by atoms with E-state index in [2.05, 4.69) is 4.98 Å². The summed E-state index contributed by atoms with van der Waals surface area (Å²) in [4.78, 5) is 37.1. The number of unbranched alkanes of at least 4 members (excludes halogenated alkanes) is 1. The minimum atomic E-state index is -1.29. The van der Waals surface area contributed by atoms with Crippen molar-refractivity contribution in [1.82, 2.24) is 9.97 Å². The number of H-pyrrole nitrogens is 2. The van der Waals surface area contributed by atoms with Gasteiger partial charge in [-0.3, -0.25) is 9.78 Å². The summed E-state index contributed by atoms with van der Waals surface area (Å²) in [7, 11) is 0.